The van der Waals surface area contributed by atoms with Crippen molar-refractivity contribution in [2.24, 2.45) is 0 Å². The molecule has 2 fully saturated rings. The van der Waals surface area contributed by atoms with E-state index in [-0.39, 0.29) is 23.0 Å². The zero-order chi connectivity index (χ0) is 22.5. The molecule has 166 valence electrons. The molecule has 0 radical (unpaired) electrons. The third kappa shape index (κ3) is 3.89. The van der Waals surface area contributed by atoms with Crippen molar-refractivity contribution in [2.75, 3.05) is 31.1 Å². The Morgan fingerprint density at radius 2 is 1.81 bits per heavy atom. The fourth-order valence-corrected chi connectivity index (χ4v) is 4.13. The number of aromatic nitrogens is 1. The number of carbonyl (C=O) groups excluding carboxylic acids is 1. The van der Waals surface area contributed by atoms with Crippen molar-refractivity contribution < 1.29 is 23.8 Å². The Kier molecular flexibility index (Phi) is 5.25. The number of ether oxygens (including phenoxy) is 1. The molecule has 1 saturated heterocycles. The molecule has 2 aliphatic rings. The van der Waals surface area contributed by atoms with Gasteiger partial charge in [0, 0.05) is 32.2 Å². The molecule has 1 saturated carbocycles. The van der Waals surface area contributed by atoms with Crippen LogP contribution < -0.4 is 15.1 Å². The summed E-state index contributed by atoms with van der Waals surface area (Å²) in [6, 6.07) is 2.97. The van der Waals surface area contributed by atoms with Gasteiger partial charge in [-0.05, 0) is 45.7 Å². The average Bonchev–Trinajstić information content (AvgIpc) is 3.55. The van der Waals surface area contributed by atoms with Crippen LogP contribution in [0.3, 0.4) is 0 Å². The van der Waals surface area contributed by atoms with Crippen LogP contribution in [0.4, 0.5) is 14.9 Å². The number of nitrogens with zero attached hydrogens (tertiary/aromatic N) is 3. The number of hydrogen-bond acceptors (Lipinski definition) is 6. The fraction of sp³-hybridized carbons (Fsp3) is 0.500. The van der Waals surface area contributed by atoms with E-state index in [1.54, 1.807) is 13.0 Å². The van der Waals surface area contributed by atoms with Gasteiger partial charge in [0.15, 0.2) is 5.75 Å². The standard InChI is InChI=1S/C22H26FN3O5/c1-13(27)22(2,3)25-8-6-24(7-9-25)18-11-17-15(10-16(18)23)20(28)19(31-21(29)30)12-26(17)14-4-5-14/h10-12,14H,4-9H2,1-3H3,(H,29,30). The van der Waals surface area contributed by atoms with Crippen molar-refractivity contribution in [1.82, 2.24) is 9.47 Å². The lowest BCUT2D eigenvalue weighted by atomic mass is 9.96. The summed E-state index contributed by atoms with van der Waals surface area (Å²) in [6.45, 7) is 7.70. The van der Waals surface area contributed by atoms with E-state index >= 15 is 4.39 Å². The number of pyridine rings is 1. The molecular formula is C22H26FN3O5. The molecule has 0 unspecified atom stereocenters. The first-order chi connectivity index (χ1) is 14.6. The molecule has 0 spiro atoms. The molecule has 1 N–H and O–H groups in total. The molecule has 2 heterocycles. The van der Waals surface area contributed by atoms with E-state index < -0.39 is 22.9 Å². The van der Waals surface area contributed by atoms with Crippen molar-refractivity contribution in [2.45, 2.75) is 45.2 Å². The Bertz CT molecular complexity index is 1110. The molecule has 1 aliphatic carbocycles. The van der Waals surface area contributed by atoms with Crippen molar-refractivity contribution in [3.63, 3.8) is 0 Å². The third-order valence-corrected chi connectivity index (χ3v) is 6.48. The summed E-state index contributed by atoms with van der Waals surface area (Å²) in [6.07, 6.45) is 1.62. The summed E-state index contributed by atoms with van der Waals surface area (Å²) in [5, 5.41) is 9.01. The van der Waals surface area contributed by atoms with Crippen LogP contribution in [0.2, 0.25) is 0 Å². The predicted octanol–water partition coefficient (Wildman–Crippen LogP) is 3.02. The molecule has 1 aliphatic heterocycles. The molecule has 1 aromatic heterocycles. The van der Waals surface area contributed by atoms with E-state index in [0.29, 0.717) is 37.4 Å². The Balaban J connectivity index is 1.70. The highest BCUT2D eigenvalue weighted by molar-refractivity contribution is 5.86. The number of piperazine rings is 1. The monoisotopic (exact) mass is 431 g/mol. The van der Waals surface area contributed by atoms with Gasteiger partial charge in [0.2, 0.25) is 5.43 Å². The first-order valence-electron chi connectivity index (χ1n) is 10.4. The van der Waals surface area contributed by atoms with Crippen LogP contribution in [0.5, 0.6) is 5.75 Å². The highest BCUT2D eigenvalue weighted by Crippen LogP contribution is 2.39. The third-order valence-electron chi connectivity index (χ3n) is 6.48. The summed E-state index contributed by atoms with van der Waals surface area (Å²) in [7, 11) is 0. The van der Waals surface area contributed by atoms with Crippen LogP contribution in [-0.4, -0.2) is 58.2 Å². The van der Waals surface area contributed by atoms with Crippen molar-refractivity contribution >= 4 is 28.5 Å². The number of halogens is 1. The molecule has 9 heteroatoms. The van der Waals surface area contributed by atoms with Gasteiger partial charge in [-0.2, -0.15) is 0 Å². The lowest BCUT2D eigenvalue weighted by molar-refractivity contribution is -0.127. The highest BCUT2D eigenvalue weighted by Gasteiger charge is 2.34. The second-order valence-electron chi connectivity index (χ2n) is 8.74. The number of anilines is 1. The quantitative estimate of drug-likeness (QED) is 0.728. The van der Waals surface area contributed by atoms with Gasteiger partial charge < -0.3 is 19.3 Å². The van der Waals surface area contributed by atoms with Gasteiger partial charge in [0.1, 0.15) is 11.6 Å². The average molecular weight is 431 g/mol. The van der Waals surface area contributed by atoms with Gasteiger partial charge in [-0.25, -0.2) is 9.18 Å². The molecule has 0 amide bonds. The fourth-order valence-electron chi connectivity index (χ4n) is 4.13. The first kappa shape index (κ1) is 21.3. The zero-order valence-corrected chi connectivity index (χ0v) is 17.9. The van der Waals surface area contributed by atoms with Gasteiger partial charge >= 0.3 is 6.16 Å². The van der Waals surface area contributed by atoms with Crippen LogP contribution >= 0.6 is 0 Å². The minimum Gasteiger partial charge on any atom is -0.449 e. The smallest absolute Gasteiger partial charge is 0.449 e. The van der Waals surface area contributed by atoms with E-state index in [0.717, 1.165) is 12.8 Å². The highest BCUT2D eigenvalue weighted by atomic mass is 19.1. The number of fused-ring (bicyclic) bond motifs is 1. The summed E-state index contributed by atoms with van der Waals surface area (Å²) >= 11 is 0. The Morgan fingerprint density at radius 1 is 1.16 bits per heavy atom. The van der Waals surface area contributed by atoms with Crippen molar-refractivity contribution in [3.05, 3.63) is 34.4 Å². The SMILES string of the molecule is CC(=O)C(C)(C)N1CCN(c2cc3c(cc2F)c(=O)c(OC(=O)O)cn3C2CC2)CC1. The van der Waals surface area contributed by atoms with Crippen LogP contribution in [0.1, 0.15) is 39.7 Å². The Hall–Kier alpha value is -2.94. The van der Waals surface area contributed by atoms with Gasteiger partial charge in [-0.15, -0.1) is 0 Å². The maximum Gasteiger partial charge on any atom is 0.511 e. The molecule has 0 bridgehead atoms. The Labute approximate surface area is 178 Å². The summed E-state index contributed by atoms with van der Waals surface area (Å²) in [5.74, 6) is -0.775. The molecule has 8 nitrogen and oxygen atoms in total. The first-order valence-corrected chi connectivity index (χ1v) is 10.4. The summed E-state index contributed by atoms with van der Waals surface area (Å²) in [5.41, 5.74) is -0.254. The van der Waals surface area contributed by atoms with E-state index in [1.807, 2.05) is 23.3 Å². The number of hydrogen-bond donors (Lipinski definition) is 1. The molecule has 31 heavy (non-hydrogen) atoms. The maximum atomic E-state index is 15.1. The van der Waals surface area contributed by atoms with Gasteiger partial charge in [-0.3, -0.25) is 14.5 Å². The second-order valence-corrected chi connectivity index (χ2v) is 8.74. The van der Waals surface area contributed by atoms with Gasteiger partial charge in [-0.1, -0.05) is 0 Å². The van der Waals surface area contributed by atoms with Gasteiger partial charge in [0.25, 0.3) is 0 Å². The summed E-state index contributed by atoms with van der Waals surface area (Å²) in [4.78, 5) is 39.6. The topological polar surface area (TPSA) is 92.1 Å². The van der Waals surface area contributed by atoms with Crippen LogP contribution in [0, 0.1) is 5.82 Å². The molecular weight excluding hydrogens is 405 g/mol. The van der Waals surface area contributed by atoms with E-state index in [1.165, 1.54) is 12.3 Å². The lowest BCUT2D eigenvalue weighted by Gasteiger charge is -2.43. The van der Waals surface area contributed by atoms with Gasteiger partial charge in [0.05, 0.1) is 28.3 Å². The molecule has 0 atom stereocenters. The van der Waals surface area contributed by atoms with E-state index in [9.17, 15) is 14.4 Å². The van der Waals surface area contributed by atoms with Crippen molar-refractivity contribution in [1.29, 1.82) is 0 Å². The Morgan fingerprint density at radius 3 is 2.35 bits per heavy atom. The largest absolute Gasteiger partial charge is 0.511 e. The second kappa shape index (κ2) is 7.64. The van der Waals surface area contributed by atoms with E-state index in [2.05, 4.69) is 9.64 Å². The maximum absolute atomic E-state index is 15.1. The minimum absolute atomic E-state index is 0.0886. The van der Waals surface area contributed by atoms with E-state index in [4.69, 9.17) is 5.11 Å². The molecule has 1 aromatic carbocycles. The van der Waals surface area contributed by atoms with Crippen LogP contribution in [0.25, 0.3) is 10.9 Å². The minimum atomic E-state index is -1.58. The number of ketones is 1. The van der Waals surface area contributed by atoms with Crippen LogP contribution in [0.15, 0.2) is 23.1 Å². The predicted molar refractivity (Wildman–Crippen MR) is 114 cm³/mol. The number of rotatable bonds is 5. The summed E-state index contributed by atoms with van der Waals surface area (Å²) < 4.78 is 21.5. The molecule has 2 aromatic rings. The number of carbonyl (C=O) groups is 2. The zero-order valence-electron chi connectivity index (χ0n) is 17.9. The number of Topliss-reactive ketones (excluding diaryl/α,β-unsaturated/α-hetero) is 1. The molecule has 4 rings (SSSR count). The lowest BCUT2D eigenvalue weighted by Crippen LogP contribution is -2.57. The number of carboxylic acid groups (broad SMARTS) is 1. The van der Waals surface area contributed by atoms with Crippen molar-refractivity contribution in [3.8, 4) is 5.75 Å². The van der Waals surface area contributed by atoms with Crippen LogP contribution in [-0.2, 0) is 4.79 Å². The normalized spacial score (nSPS) is 17.7. The number of benzene rings is 1.